The van der Waals surface area contributed by atoms with Gasteiger partial charge in [0.1, 0.15) is 11.6 Å². The predicted octanol–water partition coefficient (Wildman–Crippen LogP) is 4.00. The van der Waals surface area contributed by atoms with E-state index in [0.717, 1.165) is 0 Å². The van der Waals surface area contributed by atoms with Crippen LogP contribution in [0.25, 0.3) is 0 Å². The van der Waals surface area contributed by atoms with Gasteiger partial charge in [-0.2, -0.15) is 0 Å². The number of ketones is 1. The fraction of sp³-hybridized carbons (Fsp3) is 0.318. The molecule has 0 saturated heterocycles. The van der Waals surface area contributed by atoms with Crippen LogP contribution in [0.2, 0.25) is 0 Å². The van der Waals surface area contributed by atoms with Crippen molar-refractivity contribution in [3.8, 4) is 5.75 Å². The maximum absolute atomic E-state index is 12.9. The third kappa shape index (κ3) is 7.37. The second-order valence-electron chi connectivity index (χ2n) is 6.97. The first-order chi connectivity index (χ1) is 13.7. The first-order valence-electron chi connectivity index (χ1n) is 9.26. The largest absolute Gasteiger partial charge is 0.479 e. The minimum atomic E-state index is -0.952. The summed E-state index contributed by atoms with van der Waals surface area (Å²) in [7, 11) is 0. The summed E-state index contributed by atoms with van der Waals surface area (Å²) in [6, 6.07) is 11.6. The molecule has 0 heterocycles. The molecule has 0 aliphatic rings. The van der Waals surface area contributed by atoms with E-state index >= 15 is 0 Å². The van der Waals surface area contributed by atoms with Gasteiger partial charge >= 0.3 is 5.97 Å². The van der Waals surface area contributed by atoms with Gasteiger partial charge in [0.05, 0.1) is 0 Å². The number of benzene rings is 2. The number of esters is 1. The number of nitrogens with one attached hydrogen (secondary N) is 1. The lowest BCUT2D eigenvalue weighted by molar-refractivity contribution is -0.149. The van der Waals surface area contributed by atoms with Crippen LogP contribution >= 0.6 is 0 Å². The van der Waals surface area contributed by atoms with Gasteiger partial charge in [0.25, 0.3) is 0 Å². The molecule has 1 atom stereocenters. The average molecular weight is 401 g/mol. The van der Waals surface area contributed by atoms with E-state index in [1.165, 1.54) is 31.2 Å². The van der Waals surface area contributed by atoms with Crippen molar-refractivity contribution in [2.24, 2.45) is 5.92 Å². The van der Waals surface area contributed by atoms with Gasteiger partial charge in [-0.1, -0.05) is 13.8 Å². The zero-order chi connectivity index (χ0) is 21.4. The molecule has 0 unspecified atom stereocenters. The molecule has 0 bridgehead atoms. The number of hydrogen-bond acceptors (Lipinski definition) is 5. The number of Topliss-reactive ketones (excluding diaryl/α,β-unsaturated/α-hetero) is 1. The van der Waals surface area contributed by atoms with Crippen molar-refractivity contribution in [3.05, 3.63) is 59.9 Å². The fourth-order valence-corrected chi connectivity index (χ4v) is 2.43. The monoisotopic (exact) mass is 401 g/mol. The lowest BCUT2D eigenvalue weighted by Crippen LogP contribution is -2.28. The van der Waals surface area contributed by atoms with Crippen LogP contribution in [0.4, 0.5) is 10.1 Å². The Kier molecular flexibility index (Phi) is 7.88. The van der Waals surface area contributed by atoms with E-state index in [9.17, 15) is 18.8 Å². The number of ether oxygens (including phenoxy) is 2. The highest BCUT2D eigenvalue weighted by Gasteiger charge is 2.18. The van der Waals surface area contributed by atoms with Crippen LogP contribution in [0.15, 0.2) is 48.5 Å². The van der Waals surface area contributed by atoms with Crippen LogP contribution in [-0.4, -0.2) is 30.4 Å². The molecule has 0 spiro atoms. The van der Waals surface area contributed by atoms with Gasteiger partial charge in [-0.25, -0.2) is 9.18 Å². The summed E-state index contributed by atoms with van der Waals surface area (Å²) < 4.78 is 23.2. The third-order valence-electron chi connectivity index (χ3n) is 3.89. The Morgan fingerprint density at radius 2 is 1.59 bits per heavy atom. The SMILES string of the molecule is CC(C)CC(=O)Nc1ccc(C(=O)COC(=O)[C@H](C)Oc2ccc(F)cc2)cc1. The van der Waals surface area contributed by atoms with Crippen molar-refractivity contribution in [3.63, 3.8) is 0 Å². The molecule has 29 heavy (non-hydrogen) atoms. The number of anilines is 1. The van der Waals surface area contributed by atoms with Crippen molar-refractivity contribution in [1.82, 2.24) is 0 Å². The van der Waals surface area contributed by atoms with Gasteiger partial charge in [0, 0.05) is 17.7 Å². The lowest BCUT2D eigenvalue weighted by atomic mass is 10.1. The summed E-state index contributed by atoms with van der Waals surface area (Å²) in [5.41, 5.74) is 0.942. The van der Waals surface area contributed by atoms with E-state index in [4.69, 9.17) is 9.47 Å². The number of carbonyl (C=O) groups is 3. The molecule has 2 aromatic rings. The van der Waals surface area contributed by atoms with Crippen LogP contribution in [0.5, 0.6) is 5.75 Å². The van der Waals surface area contributed by atoms with Crippen LogP contribution in [0.3, 0.4) is 0 Å². The first kappa shape index (κ1) is 22.1. The number of carbonyl (C=O) groups excluding carboxylic acids is 3. The van der Waals surface area contributed by atoms with Crippen molar-refractivity contribution in [2.45, 2.75) is 33.3 Å². The van der Waals surface area contributed by atoms with Gasteiger partial charge in [-0.05, 0) is 61.4 Å². The zero-order valence-electron chi connectivity index (χ0n) is 16.6. The molecule has 0 aromatic heterocycles. The highest BCUT2D eigenvalue weighted by atomic mass is 19.1. The topological polar surface area (TPSA) is 81.7 Å². The molecule has 0 aliphatic heterocycles. The third-order valence-corrected chi connectivity index (χ3v) is 3.89. The van der Waals surface area contributed by atoms with Gasteiger partial charge in [0.2, 0.25) is 5.91 Å². The molecule has 0 aliphatic carbocycles. The van der Waals surface area contributed by atoms with E-state index in [2.05, 4.69) is 5.32 Å². The predicted molar refractivity (Wildman–Crippen MR) is 106 cm³/mol. The van der Waals surface area contributed by atoms with E-state index < -0.39 is 24.5 Å². The van der Waals surface area contributed by atoms with Crippen molar-refractivity contribution >= 4 is 23.3 Å². The molecular formula is C22H24FNO5. The van der Waals surface area contributed by atoms with Gasteiger partial charge in [-0.15, -0.1) is 0 Å². The van der Waals surface area contributed by atoms with Gasteiger partial charge < -0.3 is 14.8 Å². The molecule has 6 nitrogen and oxygen atoms in total. The second-order valence-corrected chi connectivity index (χ2v) is 6.97. The van der Waals surface area contributed by atoms with Crippen LogP contribution in [0.1, 0.15) is 37.6 Å². The Morgan fingerprint density at radius 1 is 0.966 bits per heavy atom. The quantitative estimate of drug-likeness (QED) is 0.507. The summed E-state index contributed by atoms with van der Waals surface area (Å²) in [4.78, 5) is 36.0. The van der Waals surface area contributed by atoms with E-state index in [1.54, 1.807) is 24.3 Å². The minimum Gasteiger partial charge on any atom is -0.479 e. The maximum atomic E-state index is 12.9. The van der Waals surface area contributed by atoms with E-state index in [1.807, 2.05) is 13.8 Å². The standard InChI is InChI=1S/C22H24FNO5/c1-14(2)12-21(26)24-18-8-4-16(5-9-18)20(25)13-28-22(27)15(3)29-19-10-6-17(23)7-11-19/h4-11,14-15H,12-13H2,1-3H3,(H,24,26)/t15-/m0/s1. The molecule has 0 radical (unpaired) electrons. The molecule has 0 fully saturated rings. The summed E-state index contributed by atoms with van der Waals surface area (Å²) in [6.07, 6.45) is -0.541. The number of amides is 1. The molecule has 7 heteroatoms. The molecular weight excluding hydrogens is 377 g/mol. The Morgan fingerprint density at radius 3 is 2.17 bits per heavy atom. The fourth-order valence-electron chi connectivity index (χ4n) is 2.43. The summed E-state index contributed by atoms with van der Waals surface area (Å²) in [5.74, 6) is -1.03. The smallest absolute Gasteiger partial charge is 0.347 e. The van der Waals surface area contributed by atoms with Crippen LogP contribution < -0.4 is 10.1 Å². The van der Waals surface area contributed by atoms with E-state index in [0.29, 0.717) is 23.4 Å². The second kappa shape index (κ2) is 10.4. The van der Waals surface area contributed by atoms with Gasteiger partial charge in [-0.3, -0.25) is 9.59 Å². The summed E-state index contributed by atoms with van der Waals surface area (Å²) in [5, 5.41) is 2.76. The molecule has 154 valence electrons. The molecule has 2 rings (SSSR count). The number of hydrogen-bond donors (Lipinski definition) is 1. The highest BCUT2D eigenvalue weighted by Crippen LogP contribution is 2.14. The molecule has 0 saturated carbocycles. The lowest BCUT2D eigenvalue weighted by Gasteiger charge is -2.13. The molecule has 1 amide bonds. The number of halogens is 1. The Balaban J connectivity index is 1.82. The Hall–Kier alpha value is -3.22. The van der Waals surface area contributed by atoms with Crippen molar-refractivity contribution < 1.29 is 28.2 Å². The molecule has 2 aromatic carbocycles. The Bertz CT molecular complexity index is 847. The normalized spacial score (nSPS) is 11.6. The highest BCUT2D eigenvalue weighted by molar-refractivity contribution is 5.99. The zero-order valence-corrected chi connectivity index (χ0v) is 16.6. The van der Waals surface area contributed by atoms with Gasteiger partial charge in [0.15, 0.2) is 18.5 Å². The number of rotatable bonds is 9. The van der Waals surface area contributed by atoms with Crippen LogP contribution in [0, 0.1) is 11.7 Å². The van der Waals surface area contributed by atoms with E-state index in [-0.39, 0.29) is 17.6 Å². The average Bonchev–Trinajstić information content (AvgIpc) is 2.67. The molecule has 1 N–H and O–H groups in total. The summed E-state index contributed by atoms with van der Waals surface area (Å²) >= 11 is 0. The van der Waals surface area contributed by atoms with Crippen molar-refractivity contribution in [1.29, 1.82) is 0 Å². The first-order valence-corrected chi connectivity index (χ1v) is 9.26. The van der Waals surface area contributed by atoms with Crippen molar-refractivity contribution in [2.75, 3.05) is 11.9 Å². The minimum absolute atomic E-state index is 0.0943. The Labute approximate surface area is 169 Å². The summed E-state index contributed by atoms with van der Waals surface area (Å²) in [6.45, 7) is 4.95. The maximum Gasteiger partial charge on any atom is 0.347 e. The van der Waals surface area contributed by atoms with Crippen LogP contribution in [-0.2, 0) is 14.3 Å².